The number of anilines is 4. The van der Waals surface area contributed by atoms with Gasteiger partial charge in [-0.15, -0.1) is 0 Å². The minimum Gasteiger partial charge on any atom is -0.497 e. The Morgan fingerprint density at radius 1 is 1.14 bits per heavy atom. The van der Waals surface area contributed by atoms with Crippen molar-refractivity contribution in [3.8, 4) is 5.75 Å². The first-order valence-electron chi connectivity index (χ1n) is 8.43. The standard InChI is InChI=1S/C19H17ClN6OS/c1-27-12-6-7-14-15(8-12)28-19(25-14)26-18-16(21)17(23-10-24-18)22-9-11-4-2-3-5-13(11)20/h2-8,10H,9,21H2,1H3,(H2,22,23,24,25,26). The molecular weight excluding hydrogens is 396 g/mol. The first-order valence-corrected chi connectivity index (χ1v) is 9.63. The number of fused-ring (bicyclic) bond motifs is 1. The third-order valence-electron chi connectivity index (χ3n) is 4.11. The molecule has 0 amide bonds. The highest BCUT2D eigenvalue weighted by Gasteiger charge is 2.12. The van der Waals surface area contributed by atoms with E-state index in [4.69, 9.17) is 22.1 Å². The van der Waals surface area contributed by atoms with Crippen LogP contribution in [0.1, 0.15) is 5.56 Å². The Morgan fingerprint density at radius 2 is 1.96 bits per heavy atom. The Labute approximate surface area is 170 Å². The molecule has 0 radical (unpaired) electrons. The Hall–Kier alpha value is -3.10. The molecule has 4 aromatic rings. The molecule has 7 nitrogen and oxygen atoms in total. The number of aromatic nitrogens is 3. The van der Waals surface area contributed by atoms with Crippen molar-refractivity contribution in [3.05, 3.63) is 59.4 Å². The lowest BCUT2D eigenvalue weighted by molar-refractivity contribution is 0.415. The number of nitrogens with one attached hydrogen (secondary N) is 2. The molecule has 0 saturated heterocycles. The average Bonchev–Trinajstić information content (AvgIpc) is 3.11. The average molecular weight is 413 g/mol. The Balaban J connectivity index is 1.54. The molecule has 0 aliphatic heterocycles. The largest absolute Gasteiger partial charge is 0.497 e. The van der Waals surface area contributed by atoms with E-state index in [1.165, 1.54) is 17.7 Å². The van der Waals surface area contributed by atoms with E-state index in [0.29, 0.717) is 34.0 Å². The van der Waals surface area contributed by atoms with E-state index in [-0.39, 0.29) is 0 Å². The highest BCUT2D eigenvalue weighted by atomic mass is 35.5. The van der Waals surface area contributed by atoms with Gasteiger partial charge in [0.2, 0.25) is 0 Å². The number of ether oxygens (including phenoxy) is 1. The van der Waals surface area contributed by atoms with Crippen molar-refractivity contribution in [1.82, 2.24) is 15.0 Å². The van der Waals surface area contributed by atoms with Crippen LogP contribution >= 0.6 is 22.9 Å². The van der Waals surface area contributed by atoms with Crippen molar-refractivity contribution in [3.63, 3.8) is 0 Å². The van der Waals surface area contributed by atoms with Gasteiger partial charge in [-0.05, 0) is 29.8 Å². The third kappa shape index (κ3) is 3.78. The van der Waals surface area contributed by atoms with Crippen LogP contribution in [0, 0.1) is 0 Å². The molecule has 0 spiro atoms. The van der Waals surface area contributed by atoms with Crippen LogP contribution < -0.4 is 21.1 Å². The van der Waals surface area contributed by atoms with Gasteiger partial charge in [0.05, 0.1) is 17.3 Å². The summed E-state index contributed by atoms with van der Waals surface area (Å²) in [6, 6.07) is 13.3. The first-order chi connectivity index (χ1) is 13.6. The quantitative estimate of drug-likeness (QED) is 0.422. The number of methoxy groups -OCH3 is 1. The van der Waals surface area contributed by atoms with E-state index in [2.05, 4.69) is 25.6 Å². The van der Waals surface area contributed by atoms with Gasteiger partial charge in [-0.25, -0.2) is 15.0 Å². The lowest BCUT2D eigenvalue weighted by atomic mass is 10.2. The molecule has 0 fully saturated rings. The van der Waals surface area contributed by atoms with Crippen molar-refractivity contribution in [2.45, 2.75) is 6.54 Å². The molecule has 142 valence electrons. The van der Waals surface area contributed by atoms with Crippen LogP contribution in [0.5, 0.6) is 5.75 Å². The van der Waals surface area contributed by atoms with Crippen LogP contribution in [0.3, 0.4) is 0 Å². The van der Waals surface area contributed by atoms with Crippen LogP contribution in [-0.4, -0.2) is 22.1 Å². The molecular formula is C19H17ClN6OS. The fraction of sp³-hybridized carbons (Fsp3) is 0.105. The summed E-state index contributed by atoms with van der Waals surface area (Å²) in [5.41, 5.74) is 8.48. The van der Waals surface area contributed by atoms with Crippen molar-refractivity contribution in [1.29, 1.82) is 0 Å². The molecule has 9 heteroatoms. The lowest BCUT2D eigenvalue weighted by Gasteiger charge is -2.12. The number of hydrogen-bond acceptors (Lipinski definition) is 8. The summed E-state index contributed by atoms with van der Waals surface area (Å²) >= 11 is 7.69. The summed E-state index contributed by atoms with van der Waals surface area (Å²) in [5.74, 6) is 1.80. The number of rotatable bonds is 6. The molecule has 4 rings (SSSR count). The fourth-order valence-electron chi connectivity index (χ4n) is 2.64. The number of halogens is 1. The molecule has 0 unspecified atom stereocenters. The van der Waals surface area contributed by atoms with Crippen LogP contribution in [0.4, 0.5) is 22.5 Å². The summed E-state index contributed by atoms with van der Waals surface area (Å²) < 4.78 is 6.26. The fourth-order valence-corrected chi connectivity index (χ4v) is 3.74. The van der Waals surface area contributed by atoms with E-state index in [1.54, 1.807) is 7.11 Å². The van der Waals surface area contributed by atoms with E-state index in [1.807, 2.05) is 42.5 Å². The summed E-state index contributed by atoms with van der Waals surface area (Å²) in [7, 11) is 1.64. The van der Waals surface area contributed by atoms with E-state index in [0.717, 1.165) is 21.5 Å². The zero-order valence-corrected chi connectivity index (χ0v) is 16.5. The van der Waals surface area contributed by atoms with Crippen LogP contribution in [0.15, 0.2) is 48.8 Å². The highest BCUT2D eigenvalue weighted by Crippen LogP contribution is 2.33. The molecule has 0 aliphatic carbocycles. The predicted molar refractivity (Wildman–Crippen MR) is 115 cm³/mol. The van der Waals surface area contributed by atoms with Crippen LogP contribution in [0.2, 0.25) is 5.02 Å². The summed E-state index contributed by atoms with van der Waals surface area (Å²) in [5, 5.41) is 7.75. The second-order valence-electron chi connectivity index (χ2n) is 5.91. The maximum absolute atomic E-state index is 6.25. The third-order valence-corrected chi connectivity index (χ3v) is 5.41. The second kappa shape index (κ2) is 7.87. The molecule has 28 heavy (non-hydrogen) atoms. The van der Waals surface area contributed by atoms with Gasteiger partial charge in [0.25, 0.3) is 0 Å². The van der Waals surface area contributed by atoms with Crippen LogP contribution in [-0.2, 0) is 6.54 Å². The minimum absolute atomic E-state index is 0.409. The van der Waals surface area contributed by atoms with Crippen LogP contribution in [0.25, 0.3) is 10.2 Å². The molecule has 0 saturated carbocycles. The zero-order chi connectivity index (χ0) is 19.5. The van der Waals surface area contributed by atoms with Crippen molar-refractivity contribution < 1.29 is 4.74 Å². The van der Waals surface area contributed by atoms with Gasteiger partial charge in [0, 0.05) is 11.6 Å². The minimum atomic E-state index is 0.409. The maximum Gasteiger partial charge on any atom is 0.189 e. The topological polar surface area (TPSA) is 98.0 Å². The monoisotopic (exact) mass is 412 g/mol. The van der Waals surface area contributed by atoms with Gasteiger partial charge in [-0.1, -0.05) is 41.1 Å². The normalized spacial score (nSPS) is 10.8. The summed E-state index contributed by atoms with van der Waals surface area (Å²) in [6.45, 7) is 0.501. The van der Waals surface area contributed by atoms with Gasteiger partial charge < -0.3 is 21.1 Å². The summed E-state index contributed by atoms with van der Waals surface area (Å²) in [4.78, 5) is 13.0. The molecule has 0 atom stereocenters. The lowest BCUT2D eigenvalue weighted by Crippen LogP contribution is -2.08. The Morgan fingerprint density at radius 3 is 2.79 bits per heavy atom. The second-order valence-corrected chi connectivity index (χ2v) is 7.35. The molecule has 0 bridgehead atoms. The SMILES string of the molecule is COc1ccc2nc(Nc3ncnc(NCc4ccccc4Cl)c3N)sc2c1. The number of nitrogens with zero attached hydrogens (tertiary/aromatic N) is 3. The predicted octanol–water partition coefficient (Wildman–Crippen LogP) is 4.69. The van der Waals surface area contributed by atoms with Gasteiger partial charge in [-0.3, -0.25) is 0 Å². The molecule has 4 N–H and O–H groups in total. The van der Waals surface area contributed by atoms with Gasteiger partial charge in [0.1, 0.15) is 17.8 Å². The summed E-state index contributed by atoms with van der Waals surface area (Å²) in [6.07, 6.45) is 1.45. The van der Waals surface area contributed by atoms with Crippen molar-refractivity contribution >= 4 is 55.6 Å². The Kier molecular flexibility index (Phi) is 5.14. The number of hydrogen-bond donors (Lipinski definition) is 3. The van der Waals surface area contributed by atoms with E-state index >= 15 is 0 Å². The zero-order valence-electron chi connectivity index (χ0n) is 14.9. The van der Waals surface area contributed by atoms with E-state index in [9.17, 15) is 0 Å². The maximum atomic E-state index is 6.25. The molecule has 2 aromatic carbocycles. The first kappa shape index (κ1) is 18.3. The van der Waals surface area contributed by atoms with Gasteiger partial charge >= 0.3 is 0 Å². The smallest absolute Gasteiger partial charge is 0.189 e. The van der Waals surface area contributed by atoms with Gasteiger partial charge in [0.15, 0.2) is 16.8 Å². The Bertz CT molecular complexity index is 1130. The number of benzene rings is 2. The van der Waals surface area contributed by atoms with E-state index < -0.39 is 0 Å². The number of nitrogens with two attached hydrogens (primary N) is 1. The molecule has 2 heterocycles. The highest BCUT2D eigenvalue weighted by molar-refractivity contribution is 7.22. The van der Waals surface area contributed by atoms with Crippen molar-refractivity contribution in [2.24, 2.45) is 0 Å². The number of thiazole rings is 1. The molecule has 2 aromatic heterocycles. The number of nitrogen functional groups attached to an aromatic ring is 1. The molecule has 0 aliphatic rings. The van der Waals surface area contributed by atoms with Crippen molar-refractivity contribution in [2.75, 3.05) is 23.5 Å². The van der Waals surface area contributed by atoms with Gasteiger partial charge in [-0.2, -0.15) is 0 Å².